The monoisotopic (exact) mass is 1710 g/mol. The normalized spacial score (nSPS) is 15.6. The highest BCUT2D eigenvalue weighted by molar-refractivity contribution is 5.76. The fourth-order valence-electron chi connectivity index (χ4n) is 16.2. The minimum absolute atomic E-state index is 0.0856. The standard InChI is InChI=1S/C20H30N4O3.C20H31N3O4.C18H27N3O4.C17H25N3O3.C15H23N3O3/c25-16-24(27)15-18(14-17-6-4-5-7-17)21-20(26)23-12-10-22(11-13-23)19-8-2-1-3-9-19;1-3-17-9-8-16(11-19(17)27-2)12-21-20(25)22-18(13-23(26)14-24)10-15-6-4-5-7-15;1-25-17-8-6-15(7-9-17)11-19-18(23)20-16(12-21(24)13-22)10-14-4-2-3-5-14;21-13-20(23)12-16(10-14-6-4-5-7-14)19-17(22)18-11-15-8-2-1-3-9-15;1-2-3-9-14(11-18(21)12-19)17-15(20)16-10-13-7-5-4-6-8-13/h1-3,8-9,16-18,27H,4-7,10-15H2,(H,21,26);8-9,11,14-15,18,26H,3-7,10,12-13H2,1-2H3,(H2,21,22,25);6-9,13-14,16,24H,2-5,10-12H2,1H3,(H2,19,20,23);1-3,8-9,13-14,16,23H,4-7,10-12H2,(H2,18,19,22);4-8,12,14,21H,2-3,9-11H2,1H3,(H2,16,17,20)/t2*18-;2*16-;14-/m11111/s1. The predicted molar refractivity (Wildman–Crippen MR) is 466 cm³/mol. The number of para-hydroxylation sites is 1. The number of nitrogens with zero attached hydrogens (tertiary/aromatic N) is 7. The summed E-state index contributed by atoms with van der Waals surface area (Å²) in [7, 11) is 3.24. The van der Waals surface area contributed by atoms with E-state index in [9.17, 15) is 74.0 Å². The summed E-state index contributed by atoms with van der Waals surface area (Å²) in [5, 5.41) is 75.8. The van der Waals surface area contributed by atoms with Gasteiger partial charge in [-0.1, -0.05) is 233 Å². The Morgan fingerprint density at radius 2 is 0.715 bits per heavy atom. The minimum atomic E-state index is -0.309. The number of carbonyl (C=O) groups is 10. The molecule has 1 aliphatic heterocycles. The quantitative estimate of drug-likeness (QED) is 0.00979. The second kappa shape index (κ2) is 58.9. The zero-order chi connectivity index (χ0) is 88.8. The molecule has 5 aliphatic rings. The molecule has 0 radical (unpaired) electrons. The van der Waals surface area contributed by atoms with Crippen LogP contribution >= 0.6 is 0 Å². The smallest absolute Gasteiger partial charge is 0.317 e. The molecule has 678 valence electrons. The lowest BCUT2D eigenvalue weighted by Crippen LogP contribution is -2.55. The number of piperazine rings is 1. The highest BCUT2D eigenvalue weighted by Gasteiger charge is 2.30. The first-order chi connectivity index (χ1) is 59.6. The first-order valence-corrected chi connectivity index (χ1v) is 43.6. The number of hydrogen-bond donors (Lipinski definition) is 14. The lowest BCUT2D eigenvalue weighted by atomic mass is 9.98. The summed E-state index contributed by atoms with van der Waals surface area (Å²) in [4.78, 5) is 118. The van der Waals surface area contributed by atoms with Gasteiger partial charge in [-0.15, -0.1) is 0 Å². The molecule has 10 rings (SSSR count). The molecule has 33 nitrogen and oxygen atoms in total. The Morgan fingerprint density at radius 1 is 0.398 bits per heavy atom. The van der Waals surface area contributed by atoms with Gasteiger partial charge in [-0.25, -0.2) is 49.3 Å². The zero-order valence-electron chi connectivity index (χ0n) is 72.2. The second-order valence-corrected chi connectivity index (χ2v) is 32.2. The van der Waals surface area contributed by atoms with E-state index in [2.05, 4.69) is 71.8 Å². The van der Waals surface area contributed by atoms with Crippen LogP contribution in [0.4, 0.5) is 29.7 Å². The van der Waals surface area contributed by atoms with E-state index in [0.717, 1.165) is 149 Å². The third kappa shape index (κ3) is 41.6. The SMILES string of the molecule is CCCC[C@H](CN(O)C=O)NC(=O)NCc1ccccc1.CCc1ccc(CNC(=O)N[C@H](CC2CCCC2)CN(O)C=O)cc1OC.COc1ccc(CNC(=O)N[C@H](CC2CCCC2)CN(O)C=O)cc1.O=CN(O)C[C@@H](CC1CCCC1)NC(=O)N1CCN(c2ccccc2)CC1.O=CN(O)C[C@@H](CC1CCCC1)NC(=O)NCc1ccccc1. The van der Waals surface area contributed by atoms with Crippen LogP contribution in [0.2, 0.25) is 0 Å². The third-order valence-electron chi connectivity index (χ3n) is 22.7. The van der Waals surface area contributed by atoms with E-state index in [0.29, 0.717) is 127 Å². The molecular formula is C90H136N16O17. The second-order valence-electron chi connectivity index (χ2n) is 32.2. The number of methoxy groups -OCH3 is 2. The van der Waals surface area contributed by atoms with Crippen LogP contribution in [0.3, 0.4) is 0 Å². The molecule has 5 atom stereocenters. The predicted octanol–water partition coefficient (Wildman–Crippen LogP) is 11.6. The van der Waals surface area contributed by atoms with E-state index >= 15 is 0 Å². The van der Waals surface area contributed by atoms with Gasteiger partial charge < -0.3 is 67.1 Å². The number of aryl methyl sites for hydroxylation is 1. The molecule has 4 aliphatic carbocycles. The third-order valence-corrected chi connectivity index (χ3v) is 22.7. The Labute approximate surface area is 724 Å². The van der Waals surface area contributed by atoms with E-state index in [1.54, 1.807) is 14.2 Å². The van der Waals surface area contributed by atoms with Crippen LogP contribution in [-0.4, -0.2) is 222 Å². The van der Waals surface area contributed by atoms with Gasteiger partial charge in [0.2, 0.25) is 32.1 Å². The fourth-order valence-corrected chi connectivity index (χ4v) is 16.2. The summed E-state index contributed by atoms with van der Waals surface area (Å²) >= 11 is 0. The van der Waals surface area contributed by atoms with Crippen molar-refractivity contribution in [2.75, 3.05) is 78.0 Å². The highest BCUT2D eigenvalue weighted by Crippen LogP contribution is 2.32. The van der Waals surface area contributed by atoms with E-state index in [-0.39, 0.29) is 93.1 Å². The summed E-state index contributed by atoms with van der Waals surface area (Å²) in [6, 6.07) is 40.2. The molecule has 0 bridgehead atoms. The number of nitrogens with one attached hydrogen (secondary N) is 9. The van der Waals surface area contributed by atoms with Gasteiger partial charge in [0.25, 0.3) is 0 Å². The van der Waals surface area contributed by atoms with Crippen molar-refractivity contribution in [3.05, 3.63) is 161 Å². The highest BCUT2D eigenvalue weighted by atomic mass is 16.5. The molecule has 0 aromatic heterocycles. The van der Waals surface area contributed by atoms with Gasteiger partial charge in [-0.3, -0.25) is 50.0 Å². The van der Waals surface area contributed by atoms with E-state index in [1.165, 1.54) is 57.1 Å². The average molecular weight is 1710 g/mol. The number of hydroxylamine groups is 10. The van der Waals surface area contributed by atoms with E-state index < -0.39 is 0 Å². The molecule has 5 fully saturated rings. The van der Waals surface area contributed by atoms with Crippen molar-refractivity contribution in [3.63, 3.8) is 0 Å². The number of urea groups is 5. The Bertz CT molecular complexity index is 3800. The molecule has 1 saturated heterocycles. The van der Waals surface area contributed by atoms with Crippen LogP contribution < -0.4 is 62.2 Å². The Hall–Kier alpha value is -11.0. The van der Waals surface area contributed by atoms with Crippen LogP contribution in [0, 0.1) is 23.7 Å². The Kier molecular flexibility index (Phi) is 48.3. The summed E-state index contributed by atoms with van der Waals surface area (Å²) in [5.41, 5.74) is 6.24. The van der Waals surface area contributed by atoms with Crippen molar-refractivity contribution in [1.82, 2.24) is 78.1 Å². The summed E-state index contributed by atoms with van der Waals surface area (Å²) < 4.78 is 10.5. The molecule has 0 spiro atoms. The number of rotatable bonds is 43. The number of benzene rings is 5. The van der Waals surface area contributed by atoms with Gasteiger partial charge in [0.05, 0.1) is 77.2 Å². The number of amides is 15. The van der Waals surface area contributed by atoms with Crippen LogP contribution in [0.5, 0.6) is 11.5 Å². The van der Waals surface area contributed by atoms with Gasteiger partial charge in [0.15, 0.2) is 0 Å². The van der Waals surface area contributed by atoms with Gasteiger partial charge in [-0.2, -0.15) is 0 Å². The van der Waals surface area contributed by atoms with Crippen molar-refractivity contribution in [3.8, 4) is 11.5 Å². The van der Waals surface area contributed by atoms with Crippen LogP contribution in [0.1, 0.15) is 189 Å². The fraction of sp³-hybridized carbons (Fsp3) is 0.556. The maximum atomic E-state index is 12.7. The molecular weight excluding hydrogens is 1580 g/mol. The molecule has 123 heavy (non-hydrogen) atoms. The molecule has 33 heteroatoms. The van der Waals surface area contributed by atoms with Crippen molar-refractivity contribution in [2.45, 2.75) is 224 Å². The Balaban J connectivity index is 0.000000239. The minimum Gasteiger partial charge on any atom is -0.497 e. The lowest BCUT2D eigenvalue weighted by molar-refractivity contribution is -0.151. The number of unbranched alkanes of at least 4 members (excludes halogenated alkanes) is 1. The molecule has 4 saturated carbocycles. The number of hydrogen-bond acceptors (Lipinski definition) is 18. The summed E-state index contributed by atoms with van der Waals surface area (Å²) in [6.07, 6.45) is 27.3. The summed E-state index contributed by atoms with van der Waals surface area (Å²) in [6.45, 7) is 9.18. The Morgan fingerprint density at radius 3 is 1.05 bits per heavy atom. The first-order valence-electron chi connectivity index (χ1n) is 43.6. The maximum absolute atomic E-state index is 12.7. The molecule has 1 heterocycles. The molecule has 14 N–H and O–H groups in total. The van der Waals surface area contributed by atoms with Gasteiger partial charge in [0.1, 0.15) is 11.5 Å². The number of ether oxygens (including phenoxy) is 2. The van der Waals surface area contributed by atoms with Gasteiger partial charge in [-0.05, 0) is 120 Å². The molecule has 5 aromatic rings. The van der Waals surface area contributed by atoms with Crippen molar-refractivity contribution < 1.29 is 83.5 Å². The van der Waals surface area contributed by atoms with Crippen molar-refractivity contribution in [1.29, 1.82) is 0 Å². The number of carbonyl (C=O) groups excluding carboxylic acids is 10. The molecule has 5 aromatic carbocycles. The van der Waals surface area contributed by atoms with Crippen molar-refractivity contribution in [2.24, 2.45) is 23.7 Å². The lowest BCUT2D eigenvalue weighted by Gasteiger charge is -2.37. The van der Waals surface area contributed by atoms with E-state index in [1.807, 2.05) is 133 Å². The molecule has 0 unspecified atom stereocenters. The van der Waals surface area contributed by atoms with Crippen LogP contribution in [0.15, 0.2) is 133 Å². The van der Waals surface area contributed by atoms with Gasteiger partial charge in [0, 0.05) is 58.0 Å². The maximum Gasteiger partial charge on any atom is 0.317 e. The van der Waals surface area contributed by atoms with Crippen LogP contribution in [-0.2, 0) is 56.6 Å². The summed E-state index contributed by atoms with van der Waals surface area (Å²) in [5.74, 6) is 3.76. The van der Waals surface area contributed by atoms with E-state index in [4.69, 9.17) is 9.47 Å². The largest absolute Gasteiger partial charge is 0.497 e. The van der Waals surface area contributed by atoms with Gasteiger partial charge >= 0.3 is 30.2 Å². The topological polar surface area (TPSA) is 421 Å². The zero-order valence-corrected chi connectivity index (χ0v) is 72.2. The average Bonchev–Trinajstić information content (AvgIpc) is 1.58. The van der Waals surface area contributed by atoms with Crippen molar-refractivity contribution >= 4 is 67.9 Å². The molecule has 15 amide bonds. The number of anilines is 1. The van der Waals surface area contributed by atoms with Crippen LogP contribution in [0.25, 0.3) is 0 Å². The first kappa shape index (κ1) is 101.